The first-order chi connectivity index (χ1) is 13.5. The highest BCUT2D eigenvalue weighted by Crippen LogP contribution is 2.26. The van der Waals surface area contributed by atoms with Gasteiger partial charge in [0, 0.05) is 32.7 Å². The van der Waals surface area contributed by atoms with Gasteiger partial charge in [0.1, 0.15) is 5.82 Å². The summed E-state index contributed by atoms with van der Waals surface area (Å²) >= 11 is 0. The molecule has 2 heterocycles. The number of carboxylic acids is 1. The zero-order chi connectivity index (χ0) is 20.1. The Balaban J connectivity index is 0.00000225. The smallest absolute Gasteiger partial charge is 0.305 e. The number of nitrogens with one attached hydrogen (secondary N) is 3. The van der Waals surface area contributed by atoms with Crippen molar-refractivity contribution >= 4 is 62.6 Å². The summed E-state index contributed by atoms with van der Waals surface area (Å²) < 4.78 is 2.10. The number of carbonyl (C=O) groups excluding carboxylic acids is 1. The van der Waals surface area contributed by atoms with Crippen LogP contribution in [0.25, 0.3) is 11.0 Å². The SMILES string of the molecule is Br.Br.CNc1cc2c(cc1C(=O)NCCC(=O)O)nc(CCC1CCNCC1)n2C. The fraction of sp³-hybridized carbons (Fsp3) is 0.550. The topological polar surface area (TPSA) is 108 Å². The van der Waals surface area contributed by atoms with Gasteiger partial charge in [-0.1, -0.05) is 0 Å². The van der Waals surface area contributed by atoms with Crippen molar-refractivity contribution in [2.45, 2.75) is 32.1 Å². The van der Waals surface area contributed by atoms with Crippen molar-refractivity contribution in [3.05, 3.63) is 23.5 Å². The maximum atomic E-state index is 12.5. The lowest BCUT2D eigenvalue weighted by Crippen LogP contribution is -2.28. The standard InChI is InChI=1S/C20H29N5O3.2BrH/c1-21-15-12-17-16(11-14(15)20(28)23-10-7-19(26)27)24-18(25(17)2)4-3-13-5-8-22-9-6-13;;/h11-13,21-22H,3-10H2,1-2H3,(H,23,28)(H,26,27);2*1H. The third kappa shape index (κ3) is 6.42. The molecule has 1 fully saturated rings. The summed E-state index contributed by atoms with van der Waals surface area (Å²) in [5.41, 5.74) is 2.94. The van der Waals surface area contributed by atoms with Crippen molar-refractivity contribution in [2.24, 2.45) is 13.0 Å². The van der Waals surface area contributed by atoms with E-state index in [9.17, 15) is 9.59 Å². The maximum Gasteiger partial charge on any atom is 0.305 e. The van der Waals surface area contributed by atoms with Crippen LogP contribution in [-0.4, -0.2) is 53.2 Å². The number of nitrogens with zero attached hydrogens (tertiary/aromatic N) is 2. The number of anilines is 1. The van der Waals surface area contributed by atoms with Crippen molar-refractivity contribution in [1.82, 2.24) is 20.2 Å². The van der Waals surface area contributed by atoms with E-state index in [4.69, 9.17) is 10.1 Å². The molecule has 0 saturated carbocycles. The van der Waals surface area contributed by atoms with Gasteiger partial charge in [-0.25, -0.2) is 4.98 Å². The number of piperidine rings is 1. The predicted octanol–water partition coefficient (Wildman–Crippen LogP) is 2.91. The Morgan fingerprint density at radius 3 is 2.60 bits per heavy atom. The lowest BCUT2D eigenvalue weighted by atomic mass is 9.93. The number of hydrogen-bond acceptors (Lipinski definition) is 5. The largest absolute Gasteiger partial charge is 0.481 e. The molecule has 30 heavy (non-hydrogen) atoms. The van der Waals surface area contributed by atoms with Crippen LogP contribution in [0.4, 0.5) is 5.69 Å². The fourth-order valence-corrected chi connectivity index (χ4v) is 3.79. The van der Waals surface area contributed by atoms with E-state index in [1.807, 2.05) is 13.1 Å². The third-order valence-corrected chi connectivity index (χ3v) is 5.49. The minimum absolute atomic E-state index is 0. The number of benzene rings is 1. The first-order valence-corrected chi connectivity index (χ1v) is 9.87. The van der Waals surface area contributed by atoms with Crippen LogP contribution < -0.4 is 16.0 Å². The quantitative estimate of drug-likeness (QED) is 0.404. The van der Waals surface area contributed by atoms with Gasteiger partial charge in [-0.05, 0) is 50.4 Å². The molecule has 168 valence electrons. The average molecular weight is 549 g/mol. The normalized spacial score (nSPS) is 13.9. The molecule has 1 aromatic carbocycles. The molecule has 0 bridgehead atoms. The molecule has 1 saturated heterocycles. The second-order valence-electron chi connectivity index (χ2n) is 7.36. The second-order valence-corrected chi connectivity index (χ2v) is 7.36. The number of halogens is 2. The van der Waals surface area contributed by atoms with Gasteiger partial charge < -0.3 is 25.6 Å². The Morgan fingerprint density at radius 2 is 1.97 bits per heavy atom. The van der Waals surface area contributed by atoms with Crippen LogP contribution in [0.15, 0.2) is 12.1 Å². The number of amides is 1. The Bertz CT molecular complexity index is 866. The van der Waals surface area contributed by atoms with Gasteiger partial charge in [0.15, 0.2) is 0 Å². The van der Waals surface area contributed by atoms with Crippen LogP contribution in [-0.2, 0) is 18.3 Å². The van der Waals surface area contributed by atoms with Crippen molar-refractivity contribution < 1.29 is 14.7 Å². The van der Waals surface area contributed by atoms with Crippen molar-refractivity contribution in [3.8, 4) is 0 Å². The number of aryl methyl sites for hydroxylation is 2. The molecular weight excluding hydrogens is 518 g/mol. The molecule has 1 aromatic heterocycles. The van der Waals surface area contributed by atoms with Crippen LogP contribution in [0.2, 0.25) is 0 Å². The van der Waals surface area contributed by atoms with Crippen LogP contribution in [0.3, 0.4) is 0 Å². The molecule has 4 N–H and O–H groups in total. The van der Waals surface area contributed by atoms with Crippen molar-refractivity contribution in [3.63, 3.8) is 0 Å². The first-order valence-electron chi connectivity index (χ1n) is 9.87. The van der Waals surface area contributed by atoms with Crippen LogP contribution in [0, 0.1) is 5.92 Å². The summed E-state index contributed by atoms with van der Waals surface area (Å²) in [5.74, 6) is 0.533. The molecule has 0 spiro atoms. The molecular formula is C20H31Br2N5O3. The Labute approximate surface area is 197 Å². The van der Waals surface area contributed by atoms with Crippen LogP contribution in [0.1, 0.15) is 41.9 Å². The van der Waals surface area contributed by atoms with E-state index in [2.05, 4.69) is 20.5 Å². The molecule has 10 heteroatoms. The molecule has 2 aromatic rings. The summed E-state index contributed by atoms with van der Waals surface area (Å²) in [7, 11) is 3.78. The van der Waals surface area contributed by atoms with E-state index in [0.29, 0.717) is 11.3 Å². The zero-order valence-corrected chi connectivity index (χ0v) is 20.8. The highest BCUT2D eigenvalue weighted by Gasteiger charge is 2.18. The summed E-state index contributed by atoms with van der Waals surface area (Å²) in [5, 5.41) is 17.9. The molecule has 0 atom stereocenters. The highest BCUT2D eigenvalue weighted by molar-refractivity contribution is 8.93. The Hall–Kier alpha value is -1.65. The summed E-state index contributed by atoms with van der Waals surface area (Å²) in [6.45, 7) is 2.29. The van der Waals surface area contributed by atoms with E-state index >= 15 is 0 Å². The van der Waals surface area contributed by atoms with E-state index in [1.165, 1.54) is 12.8 Å². The molecule has 1 aliphatic rings. The molecule has 3 rings (SSSR count). The molecule has 0 unspecified atom stereocenters. The monoisotopic (exact) mass is 547 g/mol. The highest BCUT2D eigenvalue weighted by atomic mass is 79.9. The second kappa shape index (κ2) is 12.3. The predicted molar refractivity (Wildman–Crippen MR) is 129 cm³/mol. The lowest BCUT2D eigenvalue weighted by Gasteiger charge is -2.22. The Morgan fingerprint density at radius 1 is 1.27 bits per heavy atom. The first kappa shape index (κ1) is 26.4. The van der Waals surface area contributed by atoms with E-state index in [-0.39, 0.29) is 52.8 Å². The third-order valence-electron chi connectivity index (χ3n) is 5.49. The molecule has 1 amide bonds. The Kier molecular flexibility index (Phi) is 10.8. The number of aliphatic carboxylic acids is 1. The minimum atomic E-state index is -0.937. The average Bonchev–Trinajstić information content (AvgIpc) is 3.00. The fourth-order valence-electron chi connectivity index (χ4n) is 3.79. The van der Waals surface area contributed by atoms with Crippen molar-refractivity contribution in [2.75, 3.05) is 32.0 Å². The van der Waals surface area contributed by atoms with E-state index < -0.39 is 5.97 Å². The number of fused-ring (bicyclic) bond motifs is 1. The summed E-state index contributed by atoms with van der Waals surface area (Å²) in [6.07, 6.45) is 4.38. The van der Waals surface area contributed by atoms with Gasteiger partial charge in [0.2, 0.25) is 0 Å². The molecule has 8 nitrogen and oxygen atoms in total. The molecule has 0 aliphatic carbocycles. The number of imidazole rings is 1. The van der Waals surface area contributed by atoms with Gasteiger partial charge in [-0.15, -0.1) is 34.0 Å². The molecule has 0 radical (unpaired) electrons. The summed E-state index contributed by atoms with van der Waals surface area (Å²) in [6, 6.07) is 3.72. The number of carboxylic acid groups (broad SMARTS) is 1. The van der Waals surface area contributed by atoms with Gasteiger partial charge in [0.05, 0.1) is 23.0 Å². The number of aromatic nitrogens is 2. The summed E-state index contributed by atoms with van der Waals surface area (Å²) in [4.78, 5) is 27.9. The van der Waals surface area contributed by atoms with Gasteiger partial charge >= 0.3 is 5.97 Å². The van der Waals surface area contributed by atoms with Crippen molar-refractivity contribution in [1.29, 1.82) is 0 Å². The zero-order valence-electron chi connectivity index (χ0n) is 17.4. The van der Waals surface area contributed by atoms with Crippen LogP contribution >= 0.6 is 34.0 Å². The molecule has 1 aliphatic heterocycles. The lowest BCUT2D eigenvalue weighted by molar-refractivity contribution is -0.136. The number of carbonyl (C=O) groups is 2. The van der Waals surface area contributed by atoms with E-state index in [1.54, 1.807) is 13.1 Å². The maximum absolute atomic E-state index is 12.5. The van der Waals surface area contributed by atoms with Gasteiger partial charge in [0.25, 0.3) is 5.91 Å². The van der Waals surface area contributed by atoms with Gasteiger partial charge in [-0.3, -0.25) is 9.59 Å². The number of rotatable bonds is 8. The van der Waals surface area contributed by atoms with E-state index in [0.717, 1.165) is 48.7 Å². The number of hydrogen-bond donors (Lipinski definition) is 4. The minimum Gasteiger partial charge on any atom is -0.481 e. The van der Waals surface area contributed by atoms with Gasteiger partial charge in [-0.2, -0.15) is 0 Å². The van der Waals surface area contributed by atoms with Crippen LogP contribution in [0.5, 0.6) is 0 Å².